The lowest BCUT2D eigenvalue weighted by atomic mass is 10.1. The molecule has 0 saturated carbocycles. The number of carbonyl (C=O) groups is 5. The van der Waals surface area contributed by atoms with Crippen molar-refractivity contribution in [3.05, 3.63) is 0 Å². The van der Waals surface area contributed by atoms with Gasteiger partial charge in [0.05, 0.1) is 24.8 Å². The molecule has 13 heteroatoms. The fourth-order valence-electron chi connectivity index (χ4n) is 1.99. The summed E-state index contributed by atoms with van der Waals surface area (Å²) in [6.07, 6.45) is -2.95. The number of hydrogen-bond acceptors (Lipinski definition) is 8. The number of aliphatic carboxylic acids is 1. The quantitative estimate of drug-likeness (QED) is 0.156. The van der Waals surface area contributed by atoms with Gasteiger partial charge >= 0.3 is 5.97 Å². The van der Waals surface area contributed by atoms with Crippen LogP contribution in [-0.2, 0) is 24.0 Å². The molecular weight excluding hydrogens is 378 g/mol. The van der Waals surface area contributed by atoms with E-state index in [1.165, 1.54) is 6.92 Å². The monoisotopic (exact) mass is 405 g/mol. The van der Waals surface area contributed by atoms with Gasteiger partial charge in [-0.3, -0.25) is 19.2 Å². The van der Waals surface area contributed by atoms with Crippen LogP contribution >= 0.6 is 0 Å². The summed E-state index contributed by atoms with van der Waals surface area (Å²) in [4.78, 5) is 57.4. The Bertz CT molecular complexity index is 595. The SMILES string of the molecule is CC(O)C(NC(=O)C(NC(=O)CNC(=O)C(N)CCC(N)=O)C(C)O)C(=O)O. The summed E-state index contributed by atoms with van der Waals surface area (Å²) >= 11 is 0. The molecule has 0 fully saturated rings. The lowest BCUT2D eigenvalue weighted by molar-refractivity contribution is -0.145. The number of carboxylic acids is 1. The van der Waals surface area contributed by atoms with Crippen LogP contribution in [0, 0.1) is 0 Å². The van der Waals surface area contributed by atoms with E-state index in [9.17, 15) is 34.2 Å². The number of carbonyl (C=O) groups excluding carboxylic acids is 4. The van der Waals surface area contributed by atoms with Crippen LogP contribution in [0.2, 0.25) is 0 Å². The van der Waals surface area contributed by atoms with Crippen molar-refractivity contribution in [3.8, 4) is 0 Å². The molecule has 0 aliphatic heterocycles. The molecule has 160 valence electrons. The topological polar surface area (TPSA) is 234 Å². The van der Waals surface area contributed by atoms with Crippen LogP contribution in [-0.4, -0.2) is 81.8 Å². The summed E-state index contributed by atoms with van der Waals surface area (Å²) < 4.78 is 0. The highest BCUT2D eigenvalue weighted by atomic mass is 16.4. The average Bonchev–Trinajstić information content (AvgIpc) is 2.58. The van der Waals surface area contributed by atoms with Crippen LogP contribution in [0.15, 0.2) is 0 Å². The first-order valence-electron chi connectivity index (χ1n) is 8.37. The lowest BCUT2D eigenvalue weighted by Crippen LogP contribution is -2.59. The molecule has 0 aliphatic rings. The van der Waals surface area contributed by atoms with Gasteiger partial charge in [0.2, 0.25) is 23.6 Å². The number of rotatable bonds is 12. The molecule has 0 aliphatic carbocycles. The van der Waals surface area contributed by atoms with Crippen molar-refractivity contribution >= 4 is 29.6 Å². The van der Waals surface area contributed by atoms with Crippen LogP contribution in [0.3, 0.4) is 0 Å². The first-order chi connectivity index (χ1) is 12.9. The number of aliphatic hydroxyl groups is 2. The summed E-state index contributed by atoms with van der Waals surface area (Å²) in [6.45, 7) is 1.74. The smallest absolute Gasteiger partial charge is 0.328 e. The van der Waals surface area contributed by atoms with E-state index in [0.29, 0.717) is 0 Å². The Morgan fingerprint density at radius 3 is 1.89 bits per heavy atom. The Morgan fingerprint density at radius 2 is 1.46 bits per heavy atom. The first-order valence-corrected chi connectivity index (χ1v) is 8.37. The highest BCUT2D eigenvalue weighted by Gasteiger charge is 2.31. The molecule has 5 unspecified atom stereocenters. The average molecular weight is 405 g/mol. The van der Waals surface area contributed by atoms with E-state index in [4.69, 9.17) is 16.6 Å². The largest absolute Gasteiger partial charge is 0.480 e. The molecule has 5 atom stereocenters. The first kappa shape index (κ1) is 25.2. The van der Waals surface area contributed by atoms with E-state index in [2.05, 4.69) is 10.6 Å². The molecule has 10 N–H and O–H groups in total. The normalized spacial score (nSPS) is 16.0. The molecule has 4 amide bonds. The van der Waals surface area contributed by atoms with Gasteiger partial charge < -0.3 is 42.7 Å². The lowest BCUT2D eigenvalue weighted by Gasteiger charge is -2.24. The maximum atomic E-state index is 12.1. The zero-order valence-electron chi connectivity index (χ0n) is 15.5. The van der Waals surface area contributed by atoms with Crippen molar-refractivity contribution in [2.45, 2.75) is 57.0 Å². The molecule has 0 aromatic rings. The van der Waals surface area contributed by atoms with Crippen molar-refractivity contribution in [3.63, 3.8) is 0 Å². The van der Waals surface area contributed by atoms with E-state index >= 15 is 0 Å². The molecule has 0 bridgehead atoms. The zero-order chi connectivity index (χ0) is 22.0. The second-order valence-corrected chi connectivity index (χ2v) is 6.18. The molecule has 0 rings (SSSR count). The van der Waals surface area contributed by atoms with Gasteiger partial charge in [-0.2, -0.15) is 0 Å². The third-order valence-electron chi connectivity index (χ3n) is 3.59. The third-order valence-corrected chi connectivity index (χ3v) is 3.59. The van der Waals surface area contributed by atoms with Crippen molar-refractivity contribution in [2.24, 2.45) is 11.5 Å². The van der Waals surface area contributed by atoms with Crippen LogP contribution in [0.4, 0.5) is 0 Å². The Morgan fingerprint density at radius 1 is 0.929 bits per heavy atom. The van der Waals surface area contributed by atoms with Crippen LogP contribution in [0.5, 0.6) is 0 Å². The van der Waals surface area contributed by atoms with Crippen molar-refractivity contribution in [2.75, 3.05) is 6.54 Å². The standard InChI is InChI=1S/C15H27N5O8/c1-6(21)11(14(26)20-12(7(2)22)15(27)28)19-10(24)5-18-13(25)8(16)3-4-9(17)23/h6-8,11-12,21-22H,3-5,16H2,1-2H3,(H2,17,23)(H,18,25)(H,19,24)(H,20,26)(H,27,28). The second-order valence-electron chi connectivity index (χ2n) is 6.18. The molecular formula is C15H27N5O8. The molecule has 0 saturated heterocycles. The van der Waals surface area contributed by atoms with Crippen LogP contribution < -0.4 is 27.4 Å². The second kappa shape index (κ2) is 11.8. The van der Waals surface area contributed by atoms with Gasteiger partial charge in [0.1, 0.15) is 6.04 Å². The number of aliphatic hydroxyl groups excluding tert-OH is 2. The van der Waals surface area contributed by atoms with Gasteiger partial charge in [-0.05, 0) is 20.3 Å². The number of nitrogens with one attached hydrogen (secondary N) is 3. The van der Waals surface area contributed by atoms with Gasteiger partial charge in [-0.15, -0.1) is 0 Å². The van der Waals surface area contributed by atoms with E-state index in [-0.39, 0.29) is 12.8 Å². The van der Waals surface area contributed by atoms with Gasteiger partial charge in [0, 0.05) is 6.42 Å². The summed E-state index contributed by atoms with van der Waals surface area (Å²) in [7, 11) is 0. The Kier molecular flexibility index (Phi) is 10.7. The zero-order valence-corrected chi connectivity index (χ0v) is 15.5. The summed E-state index contributed by atoms with van der Waals surface area (Å²) in [5.41, 5.74) is 10.5. The van der Waals surface area contributed by atoms with Crippen molar-refractivity contribution < 1.29 is 39.3 Å². The van der Waals surface area contributed by atoms with Gasteiger partial charge in [0.15, 0.2) is 6.04 Å². The van der Waals surface area contributed by atoms with Crippen molar-refractivity contribution in [1.82, 2.24) is 16.0 Å². The third kappa shape index (κ3) is 9.25. The summed E-state index contributed by atoms with van der Waals surface area (Å²) in [5, 5.41) is 34.3. The predicted octanol–water partition coefficient (Wildman–Crippen LogP) is -4.49. The number of hydrogen-bond donors (Lipinski definition) is 8. The molecule has 0 heterocycles. The number of amides is 4. The molecule has 0 spiro atoms. The Labute approximate surface area is 160 Å². The maximum Gasteiger partial charge on any atom is 0.328 e. The minimum atomic E-state index is -1.64. The van der Waals surface area contributed by atoms with Crippen LogP contribution in [0.25, 0.3) is 0 Å². The highest BCUT2D eigenvalue weighted by Crippen LogP contribution is 1.99. The van der Waals surface area contributed by atoms with E-state index in [1.54, 1.807) is 0 Å². The van der Waals surface area contributed by atoms with E-state index in [1.807, 2.05) is 5.32 Å². The molecule has 28 heavy (non-hydrogen) atoms. The van der Waals surface area contributed by atoms with Crippen LogP contribution in [0.1, 0.15) is 26.7 Å². The van der Waals surface area contributed by atoms with Gasteiger partial charge in [0.25, 0.3) is 0 Å². The van der Waals surface area contributed by atoms with Gasteiger partial charge in [-0.25, -0.2) is 4.79 Å². The molecule has 0 aromatic heterocycles. The van der Waals surface area contributed by atoms with Crippen molar-refractivity contribution in [1.29, 1.82) is 0 Å². The Balaban J connectivity index is 4.73. The summed E-state index contributed by atoms with van der Waals surface area (Å²) in [6, 6.07) is -4.25. The number of primary amides is 1. The van der Waals surface area contributed by atoms with Gasteiger partial charge in [-0.1, -0.05) is 0 Å². The van der Waals surface area contributed by atoms with E-state index in [0.717, 1.165) is 6.92 Å². The molecule has 13 nitrogen and oxygen atoms in total. The fraction of sp³-hybridized carbons (Fsp3) is 0.667. The van der Waals surface area contributed by atoms with E-state index < -0.39 is 66.5 Å². The number of carboxylic acid groups (broad SMARTS) is 1. The molecule has 0 aromatic carbocycles. The number of nitrogens with two attached hydrogens (primary N) is 2. The predicted molar refractivity (Wildman–Crippen MR) is 94.3 cm³/mol. The fourth-order valence-corrected chi connectivity index (χ4v) is 1.99. The maximum absolute atomic E-state index is 12.1. The molecule has 0 radical (unpaired) electrons. The Hall–Kier alpha value is -2.77. The highest BCUT2D eigenvalue weighted by molar-refractivity contribution is 5.93. The summed E-state index contributed by atoms with van der Waals surface area (Å²) in [5.74, 6) is -4.77. The minimum Gasteiger partial charge on any atom is -0.480 e. The minimum absolute atomic E-state index is 0.0165.